The highest BCUT2D eigenvalue weighted by atomic mass is 32.5. The van der Waals surface area contributed by atoms with E-state index in [0.29, 0.717) is 12.5 Å². The first-order valence-electron chi connectivity index (χ1n) is 8.31. The summed E-state index contributed by atoms with van der Waals surface area (Å²) in [6, 6.07) is 16.9. The Labute approximate surface area is 149 Å². The molecule has 1 saturated heterocycles. The quantitative estimate of drug-likeness (QED) is 0.763. The molecule has 5 heteroatoms. The van der Waals surface area contributed by atoms with Crippen molar-refractivity contribution in [2.75, 3.05) is 6.61 Å². The SMILES string of the molecule is Cc1ccc(C(C)C)c(OP2(=S)N[C@@H](Cc3ccccc3)CO2)c1. The van der Waals surface area contributed by atoms with Crippen LogP contribution >= 0.6 is 6.64 Å². The molecule has 3 rings (SSSR count). The van der Waals surface area contributed by atoms with Gasteiger partial charge in [-0.3, -0.25) is 0 Å². The van der Waals surface area contributed by atoms with Gasteiger partial charge in [0.1, 0.15) is 5.75 Å². The number of hydrogen-bond acceptors (Lipinski definition) is 3. The van der Waals surface area contributed by atoms with E-state index in [9.17, 15) is 0 Å². The lowest BCUT2D eigenvalue weighted by Gasteiger charge is -2.21. The summed E-state index contributed by atoms with van der Waals surface area (Å²) in [5.41, 5.74) is 3.61. The van der Waals surface area contributed by atoms with Gasteiger partial charge in [0.25, 0.3) is 0 Å². The van der Waals surface area contributed by atoms with Crippen LogP contribution in [0.4, 0.5) is 0 Å². The zero-order valence-electron chi connectivity index (χ0n) is 14.4. The van der Waals surface area contributed by atoms with Gasteiger partial charge < -0.3 is 9.05 Å². The molecule has 1 heterocycles. The van der Waals surface area contributed by atoms with Crippen LogP contribution in [-0.4, -0.2) is 12.6 Å². The first kappa shape index (κ1) is 17.6. The van der Waals surface area contributed by atoms with Crippen LogP contribution < -0.4 is 9.61 Å². The molecule has 1 aliphatic heterocycles. The molecule has 2 atom stereocenters. The molecule has 3 nitrogen and oxygen atoms in total. The first-order valence-corrected chi connectivity index (χ1v) is 11.0. The molecular weight excluding hydrogens is 337 g/mol. The van der Waals surface area contributed by atoms with Crippen molar-refractivity contribution < 1.29 is 9.05 Å². The Morgan fingerprint density at radius 2 is 2.00 bits per heavy atom. The van der Waals surface area contributed by atoms with Gasteiger partial charge in [0.05, 0.1) is 6.61 Å². The summed E-state index contributed by atoms with van der Waals surface area (Å²) in [7, 11) is 0. The lowest BCUT2D eigenvalue weighted by atomic mass is 10.0. The normalized spacial score (nSPS) is 23.6. The minimum absolute atomic E-state index is 0.200. The smallest absolute Gasteiger partial charge is 0.313 e. The van der Waals surface area contributed by atoms with Gasteiger partial charge in [0.2, 0.25) is 0 Å². The minimum Gasteiger partial charge on any atom is -0.432 e. The van der Waals surface area contributed by atoms with Crippen molar-refractivity contribution in [1.29, 1.82) is 0 Å². The summed E-state index contributed by atoms with van der Waals surface area (Å²) < 4.78 is 12.1. The summed E-state index contributed by atoms with van der Waals surface area (Å²) in [6.07, 6.45) is 0.896. The Morgan fingerprint density at radius 1 is 1.25 bits per heavy atom. The van der Waals surface area contributed by atoms with E-state index < -0.39 is 6.64 Å². The van der Waals surface area contributed by atoms with Crippen LogP contribution in [0.5, 0.6) is 5.75 Å². The lowest BCUT2D eigenvalue weighted by molar-refractivity contribution is 0.330. The van der Waals surface area contributed by atoms with Crippen LogP contribution in [0.3, 0.4) is 0 Å². The highest BCUT2D eigenvalue weighted by Crippen LogP contribution is 2.50. The molecule has 1 aliphatic rings. The monoisotopic (exact) mass is 361 g/mol. The van der Waals surface area contributed by atoms with Crippen molar-refractivity contribution in [3.8, 4) is 5.75 Å². The van der Waals surface area contributed by atoms with E-state index >= 15 is 0 Å². The molecule has 0 saturated carbocycles. The topological polar surface area (TPSA) is 30.5 Å². The number of nitrogens with one attached hydrogen (secondary N) is 1. The van der Waals surface area contributed by atoms with Crippen LogP contribution in [0.15, 0.2) is 48.5 Å². The van der Waals surface area contributed by atoms with Gasteiger partial charge in [-0.25, -0.2) is 5.09 Å². The van der Waals surface area contributed by atoms with Crippen LogP contribution in [0.1, 0.15) is 36.5 Å². The van der Waals surface area contributed by atoms with E-state index in [0.717, 1.165) is 17.7 Å². The molecule has 0 radical (unpaired) electrons. The molecule has 128 valence electrons. The summed E-state index contributed by atoms with van der Waals surface area (Å²) in [5, 5.41) is 3.43. The third kappa shape index (κ3) is 4.25. The van der Waals surface area contributed by atoms with Crippen molar-refractivity contribution in [1.82, 2.24) is 5.09 Å². The number of hydrogen-bond donors (Lipinski definition) is 1. The van der Waals surface area contributed by atoms with Gasteiger partial charge in [-0.05, 0) is 53.8 Å². The fraction of sp³-hybridized carbons (Fsp3) is 0.368. The zero-order valence-corrected chi connectivity index (χ0v) is 16.1. The lowest BCUT2D eigenvalue weighted by Crippen LogP contribution is -2.25. The molecule has 2 aromatic carbocycles. The van der Waals surface area contributed by atoms with Gasteiger partial charge in [-0.1, -0.05) is 56.3 Å². The van der Waals surface area contributed by atoms with Crippen molar-refractivity contribution in [2.24, 2.45) is 0 Å². The van der Waals surface area contributed by atoms with Crippen LogP contribution in [0, 0.1) is 6.92 Å². The Kier molecular flexibility index (Phi) is 5.41. The predicted molar refractivity (Wildman–Crippen MR) is 103 cm³/mol. The second-order valence-corrected chi connectivity index (χ2v) is 9.73. The van der Waals surface area contributed by atoms with E-state index in [4.69, 9.17) is 20.9 Å². The van der Waals surface area contributed by atoms with Crippen molar-refractivity contribution in [3.05, 3.63) is 65.2 Å². The van der Waals surface area contributed by atoms with Gasteiger partial charge >= 0.3 is 6.64 Å². The Bertz CT molecular complexity index is 748. The molecule has 2 aromatic rings. The Balaban J connectivity index is 1.72. The van der Waals surface area contributed by atoms with Crippen LogP contribution in [0.25, 0.3) is 0 Å². The average Bonchev–Trinajstić information content (AvgIpc) is 2.88. The molecular formula is C19H24NO2PS. The molecule has 0 aliphatic carbocycles. The fourth-order valence-electron chi connectivity index (χ4n) is 2.87. The summed E-state index contributed by atoms with van der Waals surface area (Å²) in [5.74, 6) is 1.23. The molecule has 1 N–H and O–H groups in total. The fourth-order valence-corrected chi connectivity index (χ4v) is 5.33. The van der Waals surface area contributed by atoms with Gasteiger partial charge in [-0.2, -0.15) is 0 Å². The van der Waals surface area contributed by atoms with Crippen LogP contribution in [0.2, 0.25) is 0 Å². The Hall–Kier alpha value is -1.19. The highest BCUT2D eigenvalue weighted by Gasteiger charge is 2.33. The van der Waals surface area contributed by atoms with E-state index in [1.54, 1.807) is 0 Å². The molecule has 0 aromatic heterocycles. The van der Waals surface area contributed by atoms with Crippen LogP contribution in [-0.2, 0) is 22.8 Å². The second-order valence-electron chi connectivity index (χ2n) is 6.60. The van der Waals surface area contributed by atoms with Crippen molar-refractivity contribution in [2.45, 2.75) is 39.2 Å². The molecule has 0 spiro atoms. The molecule has 1 unspecified atom stereocenters. The predicted octanol–water partition coefficient (Wildman–Crippen LogP) is 4.95. The Morgan fingerprint density at radius 3 is 2.71 bits per heavy atom. The number of aryl methyl sites for hydroxylation is 1. The molecule has 24 heavy (non-hydrogen) atoms. The molecule has 0 amide bonds. The second kappa shape index (κ2) is 7.37. The maximum absolute atomic E-state index is 6.20. The summed E-state index contributed by atoms with van der Waals surface area (Å²) >= 11 is 5.69. The summed E-state index contributed by atoms with van der Waals surface area (Å²) in [4.78, 5) is 0. The van der Waals surface area contributed by atoms with Crippen molar-refractivity contribution in [3.63, 3.8) is 0 Å². The van der Waals surface area contributed by atoms with Crippen molar-refractivity contribution >= 4 is 18.4 Å². The standard InChI is InChI=1S/C19H24NO2PS/c1-14(2)18-10-9-15(3)11-19(18)22-23(24)20-17(13-21-23)12-16-7-5-4-6-8-16/h4-11,14,17H,12-13H2,1-3H3,(H,20,24)/t17-,23?/m0/s1. The van der Waals surface area contributed by atoms with E-state index in [1.807, 2.05) is 6.07 Å². The van der Waals surface area contributed by atoms with Gasteiger partial charge in [-0.15, -0.1) is 0 Å². The molecule has 0 bridgehead atoms. The number of benzene rings is 2. The largest absolute Gasteiger partial charge is 0.432 e. The number of rotatable bonds is 5. The highest BCUT2D eigenvalue weighted by molar-refractivity contribution is 8.09. The maximum atomic E-state index is 6.20. The minimum atomic E-state index is -2.49. The average molecular weight is 361 g/mol. The summed E-state index contributed by atoms with van der Waals surface area (Å²) in [6.45, 7) is 4.49. The first-order chi connectivity index (χ1) is 11.5. The molecule has 1 fully saturated rings. The van der Waals surface area contributed by atoms with Gasteiger partial charge in [0.15, 0.2) is 0 Å². The third-order valence-electron chi connectivity index (χ3n) is 4.12. The maximum Gasteiger partial charge on any atom is 0.313 e. The van der Waals surface area contributed by atoms with E-state index in [2.05, 4.69) is 68.3 Å². The third-order valence-corrected chi connectivity index (χ3v) is 6.58. The van der Waals surface area contributed by atoms with E-state index in [-0.39, 0.29) is 6.04 Å². The zero-order chi connectivity index (χ0) is 17.2. The van der Waals surface area contributed by atoms with Gasteiger partial charge in [0, 0.05) is 6.04 Å². The van der Waals surface area contributed by atoms with E-state index in [1.165, 1.54) is 11.1 Å².